The number of pyridine rings is 1. The van der Waals surface area contributed by atoms with E-state index in [0.29, 0.717) is 6.54 Å². The highest BCUT2D eigenvalue weighted by Crippen LogP contribution is 2.23. The van der Waals surface area contributed by atoms with E-state index >= 15 is 0 Å². The van der Waals surface area contributed by atoms with Crippen LogP contribution in [0.1, 0.15) is 12.0 Å². The van der Waals surface area contributed by atoms with E-state index in [2.05, 4.69) is 26.9 Å². The number of likely N-dealkylation sites (tertiary alicyclic amines) is 1. The van der Waals surface area contributed by atoms with Gasteiger partial charge in [0, 0.05) is 39.3 Å². The molecule has 2 fully saturated rings. The average Bonchev–Trinajstić information content (AvgIpc) is 3.04. The van der Waals surface area contributed by atoms with Crippen molar-refractivity contribution >= 4 is 11.7 Å². The number of anilines is 1. The Morgan fingerprint density at radius 2 is 1.77 bits per heavy atom. The number of hydrogen-bond donors (Lipinski definition) is 1. The minimum Gasteiger partial charge on any atom is -0.506 e. The lowest BCUT2D eigenvalue weighted by Crippen LogP contribution is -2.52. The Morgan fingerprint density at radius 3 is 2.46 bits per heavy atom. The van der Waals surface area contributed by atoms with Gasteiger partial charge in [0.2, 0.25) is 5.91 Å². The zero-order valence-corrected chi connectivity index (χ0v) is 14.8. The van der Waals surface area contributed by atoms with E-state index in [9.17, 15) is 9.90 Å². The fourth-order valence-corrected chi connectivity index (χ4v) is 3.85. The van der Waals surface area contributed by atoms with Crippen LogP contribution in [0.2, 0.25) is 0 Å². The standard InChI is InChI=1S/C20H24N4O2/c25-17-6-7-19(21-14-17)23-12-10-22(11-13-23)18-8-9-24(20(18)26)15-16-4-2-1-3-5-16/h1-7,14,18,25H,8-13,15H2/t18-/m1/s1. The highest BCUT2D eigenvalue weighted by molar-refractivity contribution is 5.84. The van der Waals surface area contributed by atoms with Gasteiger partial charge in [-0.15, -0.1) is 0 Å². The zero-order valence-electron chi connectivity index (χ0n) is 14.8. The van der Waals surface area contributed by atoms with E-state index in [-0.39, 0.29) is 17.7 Å². The van der Waals surface area contributed by atoms with Gasteiger partial charge in [0.1, 0.15) is 11.6 Å². The molecule has 1 aromatic heterocycles. The molecule has 0 radical (unpaired) electrons. The van der Waals surface area contributed by atoms with Crippen molar-refractivity contribution in [1.82, 2.24) is 14.8 Å². The molecule has 3 heterocycles. The number of benzene rings is 1. The second kappa shape index (κ2) is 7.33. The largest absolute Gasteiger partial charge is 0.506 e. The van der Waals surface area contributed by atoms with Crippen LogP contribution >= 0.6 is 0 Å². The van der Waals surface area contributed by atoms with Crippen molar-refractivity contribution in [2.75, 3.05) is 37.6 Å². The first-order valence-corrected chi connectivity index (χ1v) is 9.17. The Morgan fingerprint density at radius 1 is 1.00 bits per heavy atom. The number of aromatic nitrogens is 1. The van der Waals surface area contributed by atoms with E-state index in [1.54, 1.807) is 6.07 Å². The third-order valence-corrected chi connectivity index (χ3v) is 5.30. The van der Waals surface area contributed by atoms with Crippen LogP contribution in [-0.4, -0.2) is 64.6 Å². The van der Waals surface area contributed by atoms with Gasteiger partial charge >= 0.3 is 0 Å². The third-order valence-electron chi connectivity index (χ3n) is 5.30. The molecular weight excluding hydrogens is 328 g/mol. The smallest absolute Gasteiger partial charge is 0.240 e. The van der Waals surface area contributed by atoms with E-state index in [4.69, 9.17) is 0 Å². The number of carbonyl (C=O) groups is 1. The van der Waals surface area contributed by atoms with Gasteiger partial charge in [0.05, 0.1) is 12.2 Å². The van der Waals surface area contributed by atoms with Crippen LogP contribution in [0.5, 0.6) is 5.75 Å². The van der Waals surface area contributed by atoms with E-state index in [1.807, 2.05) is 29.2 Å². The summed E-state index contributed by atoms with van der Waals surface area (Å²) in [5.41, 5.74) is 1.18. The van der Waals surface area contributed by atoms with Crippen molar-refractivity contribution in [3.63, 3.8) is 0 Å². The molecule has 2 saturated heterocycles. The first kappa shape index (κ1) is 16.8. The van der Waals surface area contributed by atoms with Crippen molar-refractivity contribution in [3.8, 4) is 5.75 Å². The van der Waals surface area contributed by atoms with Crippen molar-refractivity contribution in [1.29, 1.82) is 0 Å². The molecular formula is C20H24N4O2. The van der Waals surface area contributed by atoms with Gasteiger partial charge in [-0.1, -0.05) is 30.3 Å². The highest BCUT2D eigenvalue weighted by atomic mass is 16.3. The monoisotopic (exact) mass is 352 g/mol. The number of rotatable bonds is 4. The topological polar surface area (TPSA) is 59.9 Å². The van der Waals surface area contributed by atoms with Crippen LogP contribution in [0.25, 0.3) is 0 Å². The molecule has 1 aromatic carbocycles. The quantitative estimate of drug-likeness (QED) is 0.908. The van der Waals surface area contributed by atoms with Crippen LogP contribution in [-0.2, 0) is 11.3 Å². The van der Waals surface area contributed by atoms with Crippen molar-refractivity contribution in [2.24, 2.45) is 0 Å². The second-order valence-corrected chi connectivity index (χ2v) is 6.95. The van der Waals surface area contributed by atoms with Crippen molar-refractivity contribution in [3.05, 3.63) is 54.2 Å². The van der Waals surface area contributed by atoms with Gasteiger partial charge in [0.25, 0.3) is 0 Å². The van der Waals surface area contributed by atoms with Gasteiger partial charge in [-0.25, -0.2) is 4.98 Å². The van der Waals surface area contributed by atoms with Crippen LogP contribution in [0.4, 0.5) is 5.82 Å². The summed E-state index contributed by atoms with van der Waals surface area (Å²) in [6, 6.07) is 13.7. The molecule has 2 aromatic rings. The highest BCUT2D eigenvalue weighted by Gasteiger charge is 2.37. The Labute approximate surface area is 153 Å². The minimum absolute atomic E-state index is 0.00800. The van der Waals surface area contributed by atoms with Gasteiger partial charge in [-0.05, 0) is 24.1 Å². The molecule has 136 valence electrons. The number of aromatic hydroxyl groups is 1. The van der Waals surface area contributed by atoms with Gasteiger partial charge in [0.15, 0.2) is 0 Å². The average molecular weight is 352 g/mol. The Kier molecular flexibility index (Phi) is 4.75. The predicted molar refractivity (Wildman–Crippen MR) is 100.0 cm³/mol. The van der Waals surface area contributed by atoms with Crippen molar-refractivity contribution < 1.29 is 9.90 Å². The Bertz CT molecular complexity index is 742. The number of nitrogens with zero attached hydrogens (tertiary/aromatic N) is 4. The van der Waals surface area contributed by atoms with E-state index in [0.717, 1.165) is 45.0 Å². The number of amides is 1. The SMILES string of the molecule is O=C1[C@H](N2CCN(c3ccc(O)cn3)CC2)CCN1Cc1ccccc1. The summed E-state index contributed by atoms with van der Waals surface area (Å²) in [5.74, 6) is 1.32. The summed E-state index contributed by atoms with van der Waals surface area (Å²) in [7, 11) is 0. The molecule has 1 N–H and O–H groups in total. The van der Waals surface area contributed by atoms with Gasteiger partial charge in [-0.3, -0.25) is 9.69 Å². The van der Waals surface area contributed by atoms with Gasteiger partial charge < -0.3 is 14.9 Å². The fourth-order valence-electron chi connectivity index (χ4n) is 3.85. The lowest BCUT2D eigenvalue weighted by Gasteiger charge is -2.37. The zero-order chi connectivity index (χ0) is 17.9. The molecule has 0 saturated carbocycles. The maximum Gasteiger partial charge on any atom is 0.240 e. The summed E-state index contributed by atoms with van der Waals surface area (Å²) in [6.07, 6.45) is 2.38. The molecule has 6 nitrogen and oxygen atoms in total. The summed E-state index contributed by atoms with van der Waals surface area (Å²) in [5, 5.41) is 9.37. The lowest BCUT2D eigenvalue weighted by molar-refractivity contribution is -0.132. The van der Waals surface area contributed by atoms with Gasteiger partial charge in [-0.2, -0.15) is 0 Å². The summed E-state index contributed by atoms with van der Waals surface area (Å²) >= 11 is 0. The summed E-state index contributed by atoms with van der Waals surface area (Å²) in [6.45, 7) is 4.95. The van der Waals surface area contributed by atoms with E-state index in [1.165, 1.54) is 11.8 Å². The third kappa shape index (κ3) is 3.51. The summed E-state index contributed by atoms with van der Waals surface area (Å²) in [4.78, 5) is 23.6. The molecule has 4 rings (SSSR count). The Hall–Kier alpha value is -2.60. The van der Waals surface area contributed by atoms with Crippen LogP contribution < -0.4 is 4.90 Å². The fraction of sp³-hybridized carbons (Fsp3) is 0.400. The molecule has 6 heteroatoms. The molecule has 0 spiro atoms. The lowest BCUT2D eigenvalue weighted by atomic mass is 10.1. The minimum atomic E-state index is 0.00800. The maximum absolute atomic E-state index is 12.8. The van der Waals surface area contributed by atoms with Crippen molar-refractivity contribution in [2.45, 2.75) is 19.0 Å². The number of carbonyl (C=O) groups excluding carboxylic acids is 1. The van der Waals surface area contributed by atoms with E-state index < -0.39 is 0 Å². The molecule has 0 unspecified atom stereocenters. The normalized spacial score (nSPS) is 21.4. The molecule has 2 aliphatic heterocycles. The second-order valence-electron chi connectivity index (χ2n) is 6.95. The number of piperazine rings is 1. The molecule has 2 aliphatic rings. The molecule has 1 amide bonds. The molecule has 0 aliphatic carbocycles. The predicted octanol–water partition coefficient (Wildman–Crippen LogP) is 1.71. The molecule has 26 heavy (non-hydrogen) atoms. The number of hydrogen-bond acceptors (Lipinski definition) is 5. The molecule has 1 atom stereocenters. The van der Waals surface area contributed by atoms with Crippen LogP contribution in [0, 0.1) is 0 Å². The Balaban J connectivity index is 1.33. The van der Waals surface area contributed by atoms with Crippen LogP contribution in [0.15, 0.2) is 48.7 Å². The first-order valence-electron chi connectivity index (χ1n) is 9.17. The molecule has 0 bridgehead atoms. The first-order chi connectivity index (χ1) is 12.7. The van der Waals surface area contributed by atoms with Crippen LogP contribution in [0.3, 0.4) is 0 Å². The summed E-state index contributed by atoms with van der Waals surface area (Å²) < 4.78 is 0. The maximum atomic E-state index is 12.8.